The lowest BCUT2D eigenvalue weighted by Gasteiger charge is -2.37. The van der Waals surface area contributed by atoms with E-state index < -0.39 is 0 Å². The number of rotatable bonds is 3. The normalized spacial score (nSPS) is 13.4. The zero-order chi connectivity index (χ0) is 17.1. The van der Waals surface area contributed by atoms with Crippen LogP contribution in [0.3, 0.4) is 0 Å². The molecule has 5 nitrogen and oxygen atoms in total. The van der Waals surface area contributed by atoms with Gasteiger partial charge >= 0.3 is 0 Å². The Hall–Kier alpha value is -2.94. The van der Waals surface area contributed by atoms with Crippen molar-refractivity contribution in [3.05, 3.63) is 53.6 Å². The van der Waals surface area contributed by atoms with Crippen molar-refractivity contribution in [1.29, 1.82) is 5.26 Å². The number of pyridine rings is 1. The number of anilines is 2. The molecule has 1 aromatic carbocycles. The van der Waals surface area contributed by atoms with Crippen molar-refractivity contribution < 1.29 is 9.18 Å². The minimum atomic E-state index is -0.377. The van der Waals surface area contributed by atoms with Crippen molar-refractivity contribution in [3.8, 4) is 6.07 Å². The molecule has 0 bridgehead atoms. The standard InChI is InChI=1S/C18H17FN4O/c1-2-7-22-8-9-23(17-10-14(19)4-6-16(17)22)18(24)15-5-3-13(11-20)12-21-15/h3-6,10,12H,2,7-9H2,1H3. The van der Waals surface area contributed by atoms with E-state index in [1.54, 1.807) is 17.0 Å². The van der Waals surface area contributed by atoms with Crippen LogP contribution in [0.2, 0.25) is 0 Å². The Balaban J connectivity index is 1.96. The van der Waals surface area contributed by atoms with Crippen LogP contribution in [0.25, 0.3) is 0 Å². The van der Waals surface area contributed by atoms with Crippen molar-refractivity contribution in [2.24, 2.45) is 0 Å². The first-order valence-corrected chi connectivity index (χ1v) is 7.86. The molecule has 0 saturated heterocycles. The van der Waals surface area contributed by atoms with Crippen LogP contribution in [0, 0.1) is 17.1 Å². The fraction of sp³-hybridized carbons (Fsp3) is 0.278. The highest BCUT2D eigenvalue weighted by atomic mass is 19.1. The summed E-state index contributed by atoms with van der Waals surface area (Å²) in [4.78, 5) is 20.5. The van der Waals surface area contributed by atoms with Crippen LogP contribution in [0.1, 0.15) is 29.4 Å². The fourth-order valence-electron chi connectivity index (χ4n) is 2.88. The van der Waals surface area contributed by atoms with Gasteiger partial charge in [0.05, 0.1) is 16.9 Å². The summed E-state index contributed by atoms with van der Waals surface area (Å²) in [5, 5.41) is 8.82. The quantitative estimate of drug-likeness (QED) is 0.871. The molecule has 0 saturated carbocycles. The zero-order valence-electron chi connectivity index (χ0n) is 13.4. The molecule has 0 spiro atoms. The topological polar surface area (TPSA) is 60.2 Å². The number of carbonyl (C=O) groups excluding carboxylic acids is 1. The molecule has 2 aromatic rings. The predicted molar refractivity (Wildman–Crippen MR) is 89.5 cm³/mol. The molecule has 0 aliphatic carbocycles. The SMILES string of the molecule is CCCN1CCN(C(=O)c2ccc(C#N)cn2)c2cc(F)ccc21. The first kappa shape index (κ1) is 15.9. The molecule has 0 N–H and O–H groups in total. The van der Waals surface area contributed by atoms with E-state index in [9.17, 15) is 9.18 Å². The van der Waals surface area contributed by atoms with Crippen molar-refractivity contribution in [2.45, 2.75) is 13.3 Å². The van der Waals surface area contributed by atoms with Crippen LogP contribution in [-0.4, -0.2) is 30.5 Å². The summed E-state index contributed by atoms with van der Waals surface area (Å²) in [5.41, 5.74) is 2.05. The maximum Gasteiger partial charge on any atom is 0.276 e. The van der Waals surface area contributed by atoms with E-state index in [1.807, 2.05) is 6.07 Å². The van der Waals surface area contributed by atoms with E-state index in [-0.39, 0.29) is 17.4 Å². The number of nitrogens with zero attached hydrogens (tertiary/aromatic N) is 4. The van der Waals surface area contributed by atoms with Gasteiger partial charge in [0.25, 0.3) is 5.91 Å². The summed E-state index contributed by atoms with van der Waals surface area (Å²) >= 11 is 0. The molecule has 122 valence electrons. The van der Waals surface area contributed by atoms with Gasteiger partial charge in [-0.15, -0.1) is 0 Å². The lowest BCUT2D eigenvalue weighted by atomic mass is 10.1. The van der Waals surface area contributed by atoms with Gasteiger partial charge in [-0.25, -0.2) is 9.37 Å². The van der Waals surface area contributed by atoms with Gasteiger partial charge in [0.2, 0.25) is 0 Å². The van der Waals surface area contributed by atoms with Crippen LogP contribution in [0.4, 0.5) is 15.8 Å². The van der Waals surface area contributed by atoms with Gasteiger partial charge in [-0.2, -0.15) is 5.26 Å². The van der Waals surface area contributed by atoms with Crippen molar-refractivity contribution >= 4 is 17.3 Å². The first-order chi connectivity index (χ1) is 11.6. The number of hydrogen-bond acceptors (Lipinski definition) is 4. The number of hydrogen-bond donors (Lipinski definition) is 0. The molecule has 1 aliphatic rings. The van der Waals surface area contributed by atoms with E-state index in [1.165, 1.54) is 24.4 Å². The van der Waals surface area contributed by atoms with Crippen molar-refractivity contribution in [1.82, 2.24) is 4.98 Å². The molecule has 1 aromatic heterocycles. The summed E-state index contributed by atoms with van der Waals surface area (Å²) in [6.45, 7) is 4.10. The summed E-state index contributed by atoms with van der Waals surface area (Å²) in [5.74, 6) is -0.667. The van der Waals surface area contributed by atoms with Gasteiger partial charge in [-0.05, 0) is 36.8 Å². The smallest absolute Gasteiger partial charge is 0.276 e. The monoisotopic (exact) mass is 324 g/mol. The zero-order valence-corrected chi connectivity index (χ0v) is 13.4. The fourth-order valence-corrected chi connectivity index (χ4v) is 2.88. The Morgan fingerprint density at radius 2 is 2.12 bits per heavy atom. The van der Waals surface area contributed by atoms with E-state index in [4.69, 9.17) is 5.26 Å². The van der Waals surface area contributed by atoms with Gasteiger partial charge < -0.3 is 9.80 Å². The third kappa shape index (κ3) is 2.93. The molecule has 0 unspecified atom stereocenters. The maximum absolute atomic E-state index is 13.7. The number of amides is 1. The number of aromatic nitrogens is 1. The third-order valence-corrected chi connectivity index (χ3v) is 4.01. The summed E-state index contributed by atoms with van der Waals surface area (Å²) in [6.07, 6.45) is 2.34. The number of carbonyl (C=O) groups is 1. The summed E-state index contributed by atoms with van der Waals surface area (Å²) in [7, 11) is 0. The first-order valence-electron chi connectivity index (χ1n) is 7.86. The Bertz CT molecular complexity index is 798. The Kier molecular flexibility index (Phi) is 4.43. The lowest BCUT2D eigenvalue weighted by Crippen LogP contribution is -2.44. The van der Waals surface area contributed by atoms with Crippen LogP contribution < -0.4 is 9.80 Å². The molecule has 0 atom stereocenters. The molecular weight excluding hydrogens is 307 g/mol. The number of fused-ring (bicyclic) bond motifs is 1. The largest absolute Gasteiger partial charge is 0.368 e. The molecule has 1 aliphatic heterocycles. The summed E-state index contributed by atoms with van der Waals surface area (Å²) < 4.78 is 13.7. The van der Waals surface area contributed by atoms with E-state index in [0.717, 1.165) is 18.7 Å². The maximum atomic E-state index is 13.7. The Morgan fingerprint density at radius 3 is 2.79 bits per heavy atom. The number of nitriles is 1. The highest BCUT2D eigenvalue weighted by molar-refractivity contribution is 6.07. The van der Waals surface area contributed by atoms with Gasteiger partial charge in [-0.1, -0.05) is 6.92 Å². The average Bonchev–Trinajstić information content (AvgIpc) is 2.61. The molecule has 2 heterocycles. The van der Waals surface area contributed by atoms with Gasteiger partial charge in [0.1, 0.15) is 17.6 Å². The number of halogens is 1. The van der Waals surface area contributed by atoms with E-state index >= 15 is 0 Å². The molecule has 3 rings (SSSR count). The molecule has 0 radical (unpaired) electrons. The van der Waals surface area contributed by atoms with Gasteiger partial charge in [0.15, 0.2) is 0 Å². The third-order valence-electron chi connectivity index (χ3n) is 4.01. The Morgan fingerprint density at radius 1 is 1.29 bits per heavy atom. The second-order valence-corrected chi connectivity index (χ2v) is 5.62. The van der Waals surface area contributed by atoms with Crippen molar-refractivity contribution in [2.75, 3.05) is 29.4 Å². The van der Waals surface area contributed by atoms with Crippen LogP contribution in [0.15, 0.2) is 36.5 Å². The van der Waals surface area contributed by atoms with Crippen molar-refractivity contribution in [3.63, 3.8) is 0 Å². The predicted octanol–water partition coefficient (Wildman–Crippen LogP) is 2.97. The van der Waals surface area contributed by atoms with Gasteiger partial charge in [-0.3, -0.25) is 4.79 Å². The highest BCUT2D eigenvalue weighted by Gasteiger charge is 2.28. The van der Waals surface area contributed by atoms with Gasteiger partial charge in [0, 0.05) is 25.8 Å². The average molecular weight is 324 g/mol. The van der Waals surface area contributed by atoms with Crippen LogP contribution >= 0.6 is 0 Å². The molecule has 0 fully saturated rings. The Labute approximate surface area is 139 Å². The minimum Gasteiger partial charge on any atom is -0.368 e. The van der Waals surface area contributed by atoms with Crippen LogP contribution in [-0.2, 0) is 0 Å². The molecule has 24 heavy (non-hydrogen) atoms. The van der Waals surface area contributed by atoms with E-state index in [0.29, 0.717) is 24.3 Å². The molecule has 1 amide bonds. The van der Waals surface area contributed by atoms with E-state index in [2.05, 4.69) is 16.8 Å². The highest BCUT2D eigenvalue weighted by Crippen LogP contribution is 2.34. The second-order valence-electron chi connectivity index (χ2n) is 5.62. The molecular formula is C18H17FN4O. The molecule has 6 heteroatoms. The van der Waals surface area contributed by atoms with Crippen LogP contribution in [0.5, 0.6) is 0 Å². The number of benzene rings is 1. The minimum absolute atomic E-state index is 0.244. The summed E-state index contributed by atoms with van der Waals surface area (Å²) in [6, 6.07) is 9.57. The lowest BCUT2D eigenvalue weighted by molar-refractivity contribution is 0.0982. The second kappa shape index (κ2) is 6.67.